The van der Waals surface area contributed by atoms with Crippen LogP contribution in [0.2, 0.25) is 0 Å². The van der Waals surface area contributed by atoms with Gasteiger partial charge in [-0.05, 0) is 55.3 Å². The van der Waals surface area contributed by atoms with Crippen molar-refractivity contribution in [3.05, 3.63) is 47.5 Å². The molecule has 0 saturated carbocycles. The summed E-state index contributed by atoms with van der Waals surface area (Å²) in [7, 11) is 2.53. The normalized spacial score (nSPS) is 12.4. The van der Waals surface area contributed by atoms with Crippen molar-refractivity contribution in [3.8, 4) is 17.2 Å². The SMILES string of the molecule is COc1ccc([C@@H](C)NC(=O)COc2ccc(S(=O)(=O)N(C)C)cc2C)cc1OC. The van der Waals surface area contributed by atoms with Gasteiger partial charge < -0.3 is 19.5 Å². The third-order valence-electron chi connectivity index (χ3n) is 4.57. The molecule has 1 amide bonds. The number of aryl methyl sites for hydroxylation is 1. The third-order valence-corrected chi connectivity index (χ3v) is 6.38. The van der Waals surface area contributed by atoms with Gasteiger partial charge in [0.2, 0.25) is 10.0 Å². The number of carbonyl (C=O) groups excluding carboxylic acids is 1. The van der Waals surface area contributed by atoms with Crippen molar-refractivity contribution in [1.29, 1.82) is 0 Å². The number of hydrogen-bond acceptors (Lipinski definition) is 6. The molecule has 1 atom stereocenters. The first-order chi connectivity index (χ1) is 14.1. The van der Waals surface area contributed by atoms with Crippen molar-refractivity contribution in [2.24, 2.45) is 0 Å². The van der Waals surface area contributed by atoms with Gasteiger partial charge in [-0.2, -0.15) is 0 Å². The first kappa shape index (κ1) is 23.5. The van der Waals surface area contributed by atoms with Crippen LogP contribution >= 0.6 is 0 Å². The van der Waals surface area contributed by atoms with Crippen LogP contribution in [0.15, 0.2) is 41.3 Å². The number of carbonyl (C=O) groups is 1. The Morgan fingerprint density at radius 3 is 2.23 bits per heavy atom. The fourth-order valence-electron chi connectivity index (χ4n) is 2.79. The molecule has 8 nitrogen and oxygen atoms in total. The van der Waals surface area contributed by atoms with Crippen LogP contribution in [0.1, 0.15) is 24.1 Å². The average molecular weight is 437 g/mol. The summed E-state index contributed by atoms with van der Waals surface area (Å²) in [5, 5.41) is 2.86. The predicted molar refractivity (Wildman–Crippen MR) is 114 cm³/mol. The van der Waals surface area contributed by atoms with E-state index in [1.54, 1.807) is 39.3 Å². The van der Waals surface area contributed by atoms with E-state index in [1.165, 1.54) is 26.2 Å². The lowest BCUT2D eigenvalue weighted by Crippen LogP contribution is -2.31. The fourth-order valence-corrected chi connectivity index (χ4v) is 3.77. The Hall–Kier alpha value is -2.78. The second kappa shape index (κ2) is 9.82. The maximum Gasteiger partial charge on any atom is 0.258 e. The number of methoxy groups -OCH3 is 2. The Kier molecular flexibility index (Phi) is 7.69. The molecule has 9 heteroatoms. The second-order valence-corrected chi connectivity index (χ2v) is 9.06. The summed E-state index contributed by atoms with van der Waals surface area (Å²) < 4.78 is 41.7. The van der Waals surface area contributed by atoms with Gasteiger partial charge >= 0.3 is 0 Å². The molecule has 2 aromatic carbocycles. The lowest BCUT2D eigenvalue weighted by molar-refractivity contribution is -0.123. The molecule has 164 valence electrons. The summed E-state index contributed by atoms with van der Waals surface area (Å²) in [4.78, 5) is 12.5. The average Bonchev–Trinajstić information content (AvgIpc) is 2.71. The second-order valence-electron chi connectivity index (χ2n) is 6.91. The van der Waals surface area contributed by atoms with E-state index in [2.05, 4.69) is 5.32 Å². The number of amides is 1. The van der Waals surface area contributed by atoms with Crippen LogP contribution in [-0.4, -0.2) is 53.6 Å². The van der Waals surface area contributed by atoms with E-state index < -0.39 is 10.0 Å². The number of hydrogen-bond donors (Lipinski definition) is 1. The molecule has 0 aliphatic heterocycles. The van der Waals surface area contributed by atoms with Gasteiger partial charge in [0.15, 0.2) is 18.1 Å². The fraction of sp³-hybridized carbons (Fsp3) is 0.381. The number of rotatable bonds is 9. The van der Waals surface area contributed by atoms with E-state index in [0.29, 0.717) is 22.8 Å². The summed E-state index contributed by atoms with van der Waals surface area (Å²) in [5.41, 5.74) is 1.48. The Balaban J connectivity index is 2.01. The highest BCUT2D eigenvalue weighted by molar-refractivity contribution is 7.89. The highest BCUT2D eigenvalue weighted by Crippen LogP contribution is 2.30. The van der Waals surface area contributed by atoms with Gasteiger partial charge in [0.05, 0.1) is 25.2 Å². The van der Waals surface area contributed by atoms with Crippen molar-refractivity contribution in [2.45, 2.75) is 24.8 Å². The van der Waals surface area contributed by atoms with Gasteiger partial charge in [-0.15, -0.1) is 0 Å². The molecule has 0 saturated heterocycles. The van der Waals surface area contributed by atoms with Crippen LogP contribution in [0.3, 0.4) is 0 Å². The lowest BCUT2D eigenvalue weighted by Gasteiger charge is -2.17. The van der Waals surface area contributed by atoms with Crippen molar-refractivity contribution in [1.82, 2.24) is 9.62 Å². The Morgan fingerprint density at radius 2 is 1.67 bits per heavy atom. The molecular weight excluding hydrogens is 408 g/mol. The van der Waals surface area contributed by atoms with Gasteiger partial charge in [0, 0.05) is 14.1 Å². The monoisotopic (exact) mass is 436 g/mol. The van der Waals surface area contributed by atoms with E-state index in [1.807, 2.05) is 13.0 Å². The molecule has 2 rings (SSSR count). The highest BCUT2D eigenvalue weighted by atomic mass is 32.2. The topological polar surface area (TPSA) is 94.2 Å². The van der Waals surface area contributed by atoms with Gasteiger partial charge in [-0.1, -0.05) is 6.07 Å². The molecule has 0 heterocycles. The number of sulfonamides is 1. The molecule has 0 fully saturated rings. The smallest absolute Gasteiger partial charge is 0.258 e. The van der Waals surface area contributed by atoms with Crippen LogP contribution in [0.4, 0.5) is 0 Å². The standard InChI is InChI=1S/C21H28N2O6S/c1-14-11-17(30(25,26)23(3)4)8-10-18(14)29-13-21(24)22-15(2)16-7-9-19(27-5)20(12-16)28-6/h7-12,15H,13H2,1-6H3,(H,22,24)/t15-/m1/s1. The van der Waals surface area contributed by atoms with E-state index in [-0.39, 0.29) is 23.5 Å². The number of benzene rings is 2. The van der Waals surface area contributed by atoms with E-state index >= 15 is 0 Å². The van der Waals surface area contributed by atoms with Gasteiger partial charge in [0.25, 0.3) is 5.91 Å². The maximum absolute atomic E-state index is 12.3. The minimum absolute atomic E-state index is 0.170. The van der Waals surface area contributed by atoms with Crippen LogP contribution in [0, 0.1) is 6.92 Å². The minimum atomic E-state index is -3.53. The third kappa shape index (κ3) is 5.43. The zero-order valence-electron chi connectivity index (χ0n) is 18.1. The molecule has 0 aromatic heterocycles. The van der Waals surface area contributed by atoms with Crippen molar-refractivity contribution < 1.29 is 27.4 Å². The summed E-state index contributed by atoms with van der Waals surface area (Å²) in [6, 6.07) is 9.70. The molecule has 30 heavy (non-hydrogen) atoms. The summed E-state index contributed by atoms with van der Waals surface area (Å²) in [6.07, 6.45) is 0. The number of ether oxygens (including phenoxy) is 3. The molecule has 2 aromatic rings. The van der Waals surface area contributed by atoms with Gasteiger partial charge in [-0.25, -0.2) is 12.7 Å². The summed E-state index contributed by atoms with van der Waals surface area (Å²) in [6.45, 7) is 3.39. The summed E-state index contributed by atoms with van der Waals surface area (Å²) in [5.74, 6) is 1.33. The number of nitrogens with one attached hydrogen (secondary N) is 1. The first-order valence-corrected chi connectivity index (χ1v) is 10.7. The van der Waals surface area contributed by atoms with Crippen molar-refractivity contribution in [2.75, 3.05) is 34.9 Å². The van der Waals surface area contributed by atoms with Crippen molar-refractivity contribution >= 4 is 15.9 Å². The van der Waals surface area contributed by atoms with Crippen LogP contribution in [0.5, 0.6) is 17.2 Å². The molecule has 0 spiro atoms. The molecule has 0 aliphatic carbocycles. The quantitative estimate of drug-likeness (QED) is 0.649. The van der Waals surface area contributed by atoms with E-state index in [4.69, 9.17) is 14.2 Å². The maximum atomic E-state index is 12.3. The molecule has 0 aliphatic rings. The van der Waals surface area contributed by atoms with Crippen LogP contribution in [0.25, 0.3) is 0 Å². The molecule has 1 N–H and O–H groups in total. The Labute approximate surface area is 177 Å². The van der Waals surface area contributed by atoms with Crippen molar-refractivity contribution in [3.63, 3.8) is 0 Å². The Bertz CT molecular complexity index is 1000. The molecule has 0 unspecified atom stereocenters. The molecular formula is C21H28N2O6S. The minimum Gasteiger partial charge on any atom is -0.493 e. The predicted octanol–water partition coefficient (Wildman–Crippen LogP) is 2.52. The zero-order valence-corrected chi connectivity index (χ0v) is 18.9. The molecule has 0 bridgehead atoms. The first-order valence-electron chi connectivity index (χ1n) is 9.27. The van der Waals surface area contributed by atoms with Gasteiger partial charge in [0.1, 0.15) is 5.75 Å². The molecule has 0 radical (unpaired) electrons. The van der Waals surface area contributed by atoms with Crippen LogP contribution < -0.4 is 19.5 Å². The summed E-state index contributed by atoms with van der Waals surface area (Å²) >= 11 is 0. The van der Waals surface area contributed by atoms with Crippen LogP contribution in [-0.2, 0) is 14.8 Å². The van der Waals surface area contributed by atoms with Gasteiger partial charge in [-0.3, -0.25) is 4.79 Å². The van der Waals surface area contributed by atoms with E-state index in [0.717, 1.165) is 9.87 Å². The highest BCUT2D eigenvalue weighted by Gasteiger charge is 2.19. The largest absolute Gasteiger partial charge is 0.493 e. The van der Waals surface area contributed by atoms with E-state index in [9.17, 15) is 13.2 Å². The number of nitrogens with zero attached hydrogens (tertiary/aromatic N) is 1. The lowest BCUT2D eigenvalue weighted by atomic mass is 10.1. The Morgan fingerprint density at radius 1 is 1.03 bits per heavy atom. The zero-order chi connectivity index (χ0) is 22.5.